The maximum absolute atomic E-state index is 11.8. The Hall–Kier alpha value is -3.51. The molecule has 1 atom stereocenters. The van der Waals surface area contributed by atoms with Gasteiger partial charge in [0.25, 0.3) is 0 Å². The van der Waals surface area contributed by atoms with Gasteiger partial charge in [0.2, 0.25) is 0 Å². The summed E-state index contributed by atoms with van der Waals surface area (Å²) in [6.07, 6.45) is -1.06. The number of benzene rings is 1. The molecule has 3 heterocycles. The van der Waals surface area contributed by atoms with Crippen molar-refractivity contribution in [1.29, 1.82) is 0 Å². The number of hydrogen-bond donors (Lipinski definition) is 1. The fourth-order valence-corrected chi connectivity index (χ4v) is 3.27. The van der Waals surface area contributed by atoms with Crippen LogP contribution in [0.25, 0.3) is 16.8 Å². The van der Waals surface area contributed by atoms with E-state index < -0.39 is 12.1 Å². The van der Waals surface area contributed by atoms with Crippen LogP contribution in [0.3, 0.4) is 0 Å². The smallest absolute Gasteiger partial charge is 0.356 e. The van der Waals surface area contributed by atoms with E-state index in [0.29, 0.717) is 17.0 Å². The average molecular weight is 373 g/mol. The molecule has 6 heteroatoms. The van der Waals surface area contributed by atoms with Gasteiger partial charge in [0.1, 0.15) is 11.8 Å². The minimum atomic E-state index is -1.06. The molecule has 4 aromatic rings. The van der Waals surface area contributed by atoms with Crippen LogP contribution in [0.4, 0.5) is 0 Å². The van der Waals surface area contributed by atoms with Crippen molar-refractivity contribution in [3.8, 4) is 11.3 Å². The lowest BCUT2D eigenvalue weighted by Gasteiger charge is -2.12. The van der Waals surface area contributed by atoms with Gasteiger partial charge < -0.3 is 9.84 Å². The summed E-state index contributed by atoms with van der Waals surface area (Å²) in [6, 6.07) is 20.4. The zero-order valence-electron chi connectivity index (χ0n) is 15.5. The number of pyridine rings is 2. The largest absolute Gasteiger partial charge is 0.464 e. The minimum absolute atomic E-state index is 0.146. The molecule has 0 amide bonds. The molecule has 0 aliphatic heterocycles. The van der Waals surface area contributed by atoms with Crippen LogP contribution in [0.2, 0.25) is 0 Å². The van der Waals surface area contributed by atoms with Crippen LogP contribution in [0, 0.1) is 6.92 Å². The lowest BCUT2D eigenvalue weighted by molar-refractivity contribution is 0.0593. The van der Waals surface area contributed by atoms with Gasteiger partial charge in [-0.05, 0) is 31.2 Å². The lowest BCUT2D eigenvalue weighted by atomic mass is 9.99. The molecule has 28 heavy (non-hydrogen) atoms. The maximum Gasteiger partial charge on any atom is 0.356 e. The summed E-state index contributed by atoms with van der Waals surface area (Å²) >= 11 is 0. The monoisotopic (exact) mass is 373 g/mol. The third-order valence-corrected chi connectivity index (χ3v) is 4.65. The van der Waals surface area contributed by atoms with Crippen molar-refractivity contribution >= 4 is 11.5 Å². The van der Waals surface area contributed by atoms with Crippen molar-refractivity contribution in [3.05, 3.63) is 89.4 Å². The van der Waals surface area contributed by atoms with Crippen molar-refractivity contribution in [2.24, 2.45) is 0 Å². The van der Waals surface area contributed by atoms with Crippen LogP contribution in [-0.4, -0.2) is 32.8 Å². The van der Waals surface area contributed by atoms with Crippen LogP contribution in [0.15, 0.2) is 66.7 Å². The van der Waals surface area contributed by atoms with Crippen LogP contribution in [-0.2, 0) is 4.74 Å². The highest BCUT2D eigenvalue weighted by molar-refractivity contribution is 5.87. The predicted molar refractivity (Wildman–Crippen MR) is 105 cm³/mol. The molecule has 0 aliphatic rings. The third-order valence-electron chi connectivity index (χ3n) is 4.65. The number of aliphatic hydroxyl groups is 1. The van der Waals surface area contributed by atoms with Gasteiger partial charge in [-0.15, -0.1) is 0 Å². The number of carbonyl (C=O) groups is 1. The van der Waals surface area contributed by atoms with Crippen molar-refractivity contribution in [1.82, 2.24) is 14.6 Å². The van der Waals surface area contributed by atoms with E-state index >= 15 is 0 Å². The fraction of sp³-hybridized carbons (Fsp3) is 0.136. The number of nitrogens with zero attached hydrogens (tertiary/aromatic N) is 3. The number of aromatic nitrogens is 3. The SMILES string of the molecule is COC(=O)c1cccc(C(O)c2c(-c3ccccc3)nn3c(C)cccc23)n1. The molecule has 0 fully saturated rings. The van der Waals surface area contributed by atoms with E-state index in [1.54, 1.807) is 18.2 Å². The Morgan fingerprint density at radius 3 is 2.54 bits per heavy atom. The van der Waals surface area contributed by atoms with Gasteiger partial charge in [-0.3, -0.25) is 0 Å². The Morgan fingerprint density at radius 2 is 1.79 bits per heavy atom. The highest BCUT2D eigenvalue weighted by atomic mass is 16.5. The quantitative estimate of drug-likeness (QED) is 0.554. The summed E-state index contributed by atoms with van der Waals surface area (Å²) in [5.74, 6) is -0.548. The zero-order valence-corrected chi connectivity index (χ0v) is 15.5. The zero-order chi connectivity index (χ0) is 19.7. The molecule has 1 N–H and O–H groups in total. The number of esters is 1. The van der Waals surface area contributed by atoms with E-state index in [1.807, 2.05) is 60.0 Å². The Bertz CT molecular complexity index is 1150. The number of hydrogen-bond acceptors (Lipinski definition) is 5. The summed E-state index contributed by atoms with van der Waals surface area (Å²) in [5.41, 5.74) is 4.45. The van der Waals surface area contributed by atoms with Gasteiger partial charge in [-0.1, -0.05) is 42.5 Å². The number of fused-ring (bicyclic) bond motifs is 1. The molecular weight excluding hydrogens is 354 g/mol. The summed E-state index contributed by atoms with van der Waals surface area (Å²) in [6.45, 7) is 1.96. The molecule has 4 rings (SSSR count). The molecule has 140 valence electrons. The van der Waals surface area contributed by atoms with Gasteiger partial charge in [0.05, 0.1) is 24.0 Å². The number of aryl methyl sites for hydroxylation is 1. The summed E-state index contributed by atoms with van der Waals surface area (Å²) < 4.78 is 6.55. The first-order valence-corrected chi connectivity index (χ1v) is 8.87. The standard InChI is InChI=1S/C22H19N3O3/c1-14-8-6-13-18-19(20(24-25(14)18)15-9-4-3-5-10-15)21(26)16-11-7-12-17(23-16)22(27)28-2/h3-13,21,26H,1-2H3. The Morgan fingerprint density at radius 1 is 1.04 bits per heavy atom. The number of rotatable bonds is 4. The van der Waals surface area contributed by atoms with Gasteiger partial charge in [0.15, 0.2) is 0 Å². The van der Waals surface area contributed by atoms with E-state index in [0.717, 1.165) is 16.8 Å². The van der Waals surface area contributed by atoms with Gasteiger partial charge in [-0.2, -0.15) is 5.10 Å². The molecule has 0 bridgehead atoms. The van der Waals surface area contributed by atoms with Crippen molar-refractivity contribution in [2.45, 2.75) is 13.0 Å². The predicted octanol–water partition coefficient (Wildman–Crippen LogP) is 3.57. The molecule has 1 unspecified atom stereocenters. The highest BCUT2D eigenvalue weighted by Gasteiger charge is 2.24. The fourth-order valence-electron chi connectivity index (χ4n) is 3.27. The molecule has 3 aromatic heterocycles. The molecule has 1 aromatic carbocycles. The molecule has 0 saturated heterocycles. The molecule has 0 spiro atoms. The second-order valence-electron chi connectivity index (χ2n) is 6.43. The number of methoxy groups -OCH3 is 1. The van der Waals surface area contributed by atoms with Crippen molar-refractivity contribution in [2.75, 3.05) is 7.11 Å². The molecule has 0 aliphatic carbocycles. The third kappa shape index (κ3) is 3.04. The van der Waals surface area contributed by atoms with Gasteiger partial charge >= 0.3 is 5.97 Å². The first-order valence-electron chi connectivity index (χ1n) is 8.87. The number of ether oxygens (including phenoxy) is 1. The van der Waals surface area contributed by atoms with E-state index in [-0.39, 0.29) is 5.69 Å². The van der Waals surface area contributed by atoms with Crippen molar-refractivity contribution in [3.63, 3.8) is 0 Å². The average Bonchev–Trinajstić information content (AvgIpc) is 3.14. The van der Waals surface area contributed by atoms with Crippen LogP contribution in [0.1, 0.15) is 33.5 Å². The second-order valence-corrected chi connectivity index (χ2v) is 6.43. The molecule has 6 nitrogen and oxygen atoms in total. The van der Waals surface area contributed by atoms with Crippen molar-refractivity contribution < 1.29 is 14.6 Å². The summed E-state index contributed by atoms with van der Waals surface area (Å²) in [4.78, 5) is 16.1. The Kier molecular flexibility index (Phi) is 4.63. The van der Waals surface area contributed by atoms with Gasteiger partial charge in [-0.25, -0.2) is 14.3 Å². The first-order chi connectivity index (χ1) is 13.6. The number of carbonyl (C=O) groups excluding carboxylic acids is 1. The molecule has 0 radical (unpaired) electrons. The van der Waals surface area contributed by atoms with Crippen LogP contribution in [0.5, 0.6) is 0 Å². The minimum Gasteiger partial charge on any atom is -0.464 e. The summed E-state index contributed by atoms with van der Waals surface area (Å²) in [7, 11) is 1.30. The number of aliphatic hydroxyl groups excluding tert-OH is 1. The maximum atomic E-state index is 11.8. The normalized spacial score (nSPS) is 12.1. The Balaban J connectivity index is 1.92. The second kappa shape index (κ2) is 7.25. The first kappa shape index (κ1) is 17.9. The van der Waals surface area contributed by atoms with Crippen LogP contribution < -0.4 is 0 Å². The van der Waals surface area contributed by atoms with Gasteiger partial charge in [0, 0.05) is 16.8 Å². The highest BCUT2D eigenvalue weighted by Crippen LogP contribution is 2.34. The summed E-state index contributed by atoms with van der Waals surface area (Å²) in [5, 5.41) is 16.0. The Labute approximate surface area is 162 Å². The van der Waals surface area contributed by atoms with E-state index in [9.17, 15) is 9.90 Å². The van der Waals surface area contributed by atoms with E-state index in [4.69, 9.17) is 9.84 Å². The van der Waals surface area contributed by atoms with Crippen LogP contribution >= 0.6 is 0 Å². The lowest BCUT2D eigenvalue weighted by Crippen LogP contribution is -2.09. The van der Waals surface area contributed by atoms with E-state index in [2.05, 4.69) is 4.98 Å². The molecular formula is C22H19N3O3. The van der Waals surface area contributed by atoms with E-state index in [1.165, 1.54) is 7.11 Å². The topological polar surface area (TPSA) is 76.7 Å². The molecule has 0 saturated carbocycles.